The highest BCUT2D eigenvalue weighted by Crippen LogP contribution is 2.40. The van der Waals surface area contributed by atoms with E-state index < -0.39 is 11.7 Å². The summed E-state index contributed by atoms with van der Waals surface area (Å²) in [4.78, 5) is 7.42. The van der Waals surface area contributed by atoms with Crippen LogP contribution in [0.5, 0.6) is 0 Å². The van der Waals surface area contributed by atoms with Gasteiger partial charge in [-0.05, 0) is 36.5 Å². The number of alkyl halides is 3. The van der Waals surface area contributed by atoms with Crippen LogP contribution in [0.15, 0.2) is 84.9 Å². The number of fused-ring (bicyclic) bond motifs is 1. The summed E-state index contributed by atoms with van der Waals surface area (Å²) in [7, 11) is 0. The number of nitrogens with zero attached hydrogens (tertiary/aromatic N) is 3. The van der Waals surface area contributed by atoms with Gasteiger partial charge in [-0.15, -0.1) is 0 Å². The zero-order valence-electron chi connectivity index (χ0n) is 21.1. The van der Waals surface area contributed by atoms with E-state index in [1.54, 1.807) is 6.07 Å². The second kappa shape index (κ2) is 10.9. The first-order valence-corrected chi connectivity index (χ1v) is 13.0. The number of aromatic nitrogens is 2. The van der Waals surface area contributed by atoms with Crippen molar-refractivity contribution in [2.24, 2.45) is 0 Å². The molecule has 6 heteroatoms. The SMILES string of the molecule is CCCCn1c(-c2ccccc2)nc2c1C(N(Cc1ccccc1)Cc1cccc(C(F)(F)F)c1)CC2. The van der Waals surface area contributed by atoms with E-state index in [0.29, 0.717) is 18.7 Å². The lowest BCUT2D eigenvalue weighted by molar-refractivity contribution is -0.137. The Morgan fingerprint density at radius 2 is 1.57 bits per heavy atom. The molecule has 0 amide bonds. The number of hydrogen-bond donors (Lipinski definition) is 0. The molecule has 1 aromatic heterocycles. The van der Waals surface area contributed by atoms with Gasteiger partial charge in [0.2, 0.25) is 0 Å². The molecular formula is C31H32F3N3. The number of unbranched alkanes of at least 4 members (excludes halogenated alkanes) is 1. The van der Waals surface area contributed by atoms with Gasteiger partial charge in [0.05, 0.1) is 23.0 Å². The van der Waals surface area contributed by atoms with Crippen LogP contribution in [-0.2, 0) is 32.2 Å². The van der Waals surface area contributed by atoms with Crippen molar-refractivity contribution in [1.29, 1.82) is 0 Å². The highest BCUT2D eigenvalue weighted by atomic mass is 19.4. The number of benzene rings is 3. The Balaban J connectivity index is 1.54. The van der Waals surface area contributed by atoms with Gasteiger partial charge < -0.3 is 4.57 Å². The molecule has 1 heterocycles. The van der Waals surface area contributed by atoms with Crippen LogP contribution in [-0.4, -0.2) is 14.5 Å². The van der Waals surface area contributed by atoms with Gasteiger partial charge in [-0.1, -0.05) is 92.2 Å². The van der Waals surface area contributed by atoms with Gasteiger partial charge in [-0.3, -0.25) is 4.90 Å². The predicted molar refractivity (Wildman–Crippen MR) is 141 cm³/mol. The lowest BCUT2D eigenvalue weighted by Gasteiger charge is -2.31. The molecule has 1 unspecified atom stereocenters. The summed E-state index contributed by atoms with van der Waals surface area (Å²) in [6.07, 6.45) is -0.465. The Labute approximate surface area is 216 Å². The van der Waals surface area contributed by atoms with E-state index in [2.05, 4.69) is 40.7 Å². The third kappa shape index (κ3) is 5.64. The molecule has 0 bridgehead atoms. The number of aryl methyl sites for hydroxylation is 1. The summed E-state index contributed by atoms with van der Waals surface area (Å²) in [5.41, 5.74) is 4.64. The van der Waals surface area contributed by atoms with E-state index in [1.165, 1.54) is 17.8 Å². The zero-order chi connectivity index (χ0) is 25.8. The summed E-state index contributed by atoms with van der Waals surface area (Å²) in [6, 6.07) is 26.3. The molecule has 5 rings (SSSR count). The van der Waals surface area contributed by atoms with E-state index >= 15 is 0 Å². The first-order chi connectivity index (χ1) is 17.9. The maximum atomic E-state index is 13.5. The lowest BCUT2D eigenvalue weighted by atomic mass is 10.1. The van der Waals surface area contributed by atoms with Gasteiger partial charge in [0, 0.05) is 25.2 Å². The zero-order valence-corrected chi connectivity index (χ0v) is 21.1. The quantitative estimate of drug-likeness (QED) is 0.230. The molecule has 0 N–H and O–H groups in total. The second-order valence-electron chi connectivity index (χ2n) is 9.78. The number of rotatable bonds is 9. The maximum absolute atomic E-state index is 13.5. The van der Waals surface area contributed by atoms with Gasteiger partial charge in [-0.25, -0.2) is 4.98 Å². The van der Waals surface area contributed by atoms with Crippen molar-refractivity contribution in [3.63, 3.8) is 0 Å². The van der Waals surface area contributed by atoms with E-state index in [9.17, 15) is 13.2 Å². The summed E-state index contributed by atoms with van der Waals surface area (Å²) >= 11 is 0. The van der Waals surface area contributed by atoms with Crippen LogP contribution in [0.25, 0.3) is 11.4 Å². The third-order valence-electron chi connectivity index (χ3n) is 7.13. The van der Waals surface area contributed by atoms with Crippen molar-refractivity contribution in [3.05, 3.63) is 113 Å². The molecule has 4 aromatic rings. The Kier molecular flexibility index (Phi) is 7.47. The standard InChI is InChI=1S/C31H32F3N3/c1-2-3-19-37-29-27(35-30(37)25-14-8-5-9-15-25)17-18-28(29)36(21-23-11-6-4-7-12-23)22-24-13-10-16-26(20-24)31(32,33)34/h4-16,20,28H,2-3,17-19,21-22H2,1H3. The minimum atomic E-state index is -4.36. The van der Waals surface area contributed by atoms with Gasteiger partial charge in [0.25, 0.3) is 0 Å². The highest BCUT2D eigenvalue weighted by molar-refractivity contribution is 5.57. The second-order valence-corrected chi connectivity index (χ2v) is 9.78. The average molecular weight is 504 g/mol. The lowest BCUT2D eigenvalue weighted by Crippen LogP contribution is -2.28. The summed E-state index contributed by atoms with van der Waals surface area (Å²) < 4.78 is 42.8. The van der Waals surface area contributed by atoms with Crippen LogP contribution < -0.4 is 0 Å². The minimum absolute atomic E-state index is 0.0755. The van der Waals surface area contributed by atoms with Crippen molar-refractivity contribution < 1.29 is 13.2 Å². The van der Waals surface area contributed by atoms with Crippen LogP contribution in [0, 0.1) is 0 Å². The molecule has 192 valence electrons. The summed E-state index contributed by atoms with van der Waals surface area (Å²) in [5, 5.41) is 0. The van der Waals surface area contributed by atoms with Crippen LogP contribution in [0.4, 0.5) is 13.2 Å². The van der Waals surface area contributed by atoms with Crippen molar-refractivity contribution in [1.82, 2.24) is 14.5 Å². The Hall–Kier alpha value is -3.38. The van der Waals surface area contributed by atoms with Gasteiger partial charge in [-0.2, -0.15) is 13.2 Å². The molecule has 3 nitrogen and oxygen atoms in total. The first-order valence-electron chi connectivity index (χ1n) is 13.0. The molecule has 0 aliphatic heterocycles. The summed E-state index contributed by atoms with van der Waals surface area (Å²) in [5.74, 6) is 0.988. The third-order valence-corrected chi connectivity index (χ3v) is 7.13. The molecule has 1 aliphatic rings. The van der Waals surface area contributed by atoms with E-state index in [1.807, 2.05) is 36.4 Å². The predicted octanol–water partition coefficient (Wildman–Crippen LogP) is 8.06. The fourth-order valence-electron chi connectivity index (χ4n) is 5.36. The fraction of sp³-hybridized carbons (Fsp3) is 0.323. The van der Waals surface area contributed by atoms with Crippen molar-refractivity contribution >= 4 is 0 Å². The normalized spacial score (nSPS) is 15.3. The van der Waals surface area contributed by atoms with Crippen molar-refractivity contribution in [2.45, 2.75) is 64.5 Å². The van der Waals surface area contributed by atoms with E-state index in [0.717, 1.165) is 60.9 Å². The Morgan fingerprint density at radius 3 is 2.27 bits per heavy atom. The number of hydrogen-bond acceptors (Lipinski definition) is 2. The number of imidazole rings is 1. The number of halogens is 3. The summed E-state index contributed by atoms with van der Waals surface area (Å²) in [6.45, 7) is 4.15. The van der Waals surface area contributed by atoms with Crippen LogP contribution in [0.2, 0.25) is 0 Å². The van der Waals surface area contributed by atoms with Gasteiger partial charge in [0.15, 0.2) is 0 Å². The average Bonchev–Trinajstić information content (AvgIpc) is 3.48. The molecule has 1 aliphatic carbocycles. The first kappa shape index (κ1) is 25.3. The molecule has 0 saturated carbocycles. The molecule has 37 heavy (non-hydrogen) atoms. The van der Waals surface area contributed by atoms with E-state index in [4.69, 9.17) is 4.98 Å². The van der Waals surface area contributed by atoms with Gasteiger partial charge in [0.1, 0.15) is 5.82 Å². The van der Waals surface area contributed by atoms with Crippen LogP contribution in [0.1, 0.15) is 60.3 Å². The molecular weight excluding hydrogens is 471 g/mol. The van der Waals surface area contributed by atoms with Crippen LogP contribution >= 0.6 is 0 Å². The van der Waals surface area contributed by atoms with Crippen molar-refractivity contribution in [3.8, 4) is 11.4 Å². The largest absolute Gasteiger partial charge is 0.416 e. The molecule has 0 spiro atoms. The highest BCUT2D eigenvalue weighted by Gasteiger charge is 2.35. The van der Waals surface area contributed by atoms with Crippen LogP contribution in [0.3, 0.4) is 0 Å². The molecule has 0 fully saturated rings. The minimum Gasteiger partial charge on any atom is -0.326 e. The van der Waals surface area contributed by atoms with Gasteiger partial charge >= 0.3 is 6.18 Å². The molecule has 3 aromatic carbocycles. The smallest absolute Gasteiger partial charge is 0.326 e. The van der Waals surface area contributed by atoms with Crippen molar-refractivity contribution in [2.75, 3.05) is 0 Å². The molecule has 1 atom stereocenters. The Morgan fingerprint density at radius 1 is 0.892 bits per heavy atom. The fourth-order valence-corrected chi connectivity index (χ4v) is 5.36. The van der Waals surface area contributed by atoms with E-state index in [-0.39, 0.29) is 6.04 Å². The monoisotopic (exact) mass is 503 g/mol. The molecule has 0 saturated heterocycles. The maximum Gasteiger partial charge on any atom is 0.416 e. The topological polar surface area (TPSA) is 21.1 Å². The molecule has 0 radical (unpaired) electrons. The Bertz CT molecular complexity index is 1310.